The van der Waals surface area contributed by atoms with Crippen molar-refractivity contribution in [2.24, 2.45) is 0 Å². The number of hydrogen-bond donors (Lipinski definition) is 0. The molecule has 0 saturated carbocycles. The molecular weight excluding hydrogens is 282 g/mol. The third-order valence-corrected chi connectivity index (χ3v) is 5.98. The number of benzene rings is 1. The average Bonchev–Trinajstić information content (AvgIpc) is 2.62. The molecule has 1 aliphatic rings. The van der Waals surface area contributed by atoms with E-state index in [1.165, 1.54) is 50.6 Å². The zero-order valence-electron chi connectivity index (χ0n) is 15.6. The van der Waals surface area contributed by atoms with Gasteiger partial charge in [-0.2, -0.15) is 0 Å². The van der Waals surface area contributed by atoms with Crippen molar-refractivity contribution in [3.63, 3.8) is 0 Å². The molecule has 2 nitrogen and oxygen atoms in total. The first kappa shape index (κ1) is 18.3. The van der Waals surface area contributed by atoms with E-state index in [0.29, 0.717) is 5.41 Å². The molecule has 0 radical (unpaired) electrons. The molecule has 1 aromatic carbocycles. The van der Waals surface area contributed by atoms with Gasteiger partial charge < -0.3 is 4.74 Å². The number of hydrogen-bond acceptors (Lipinski definition) is 2. The number of nitrogens with zero attached hydrogens (tertiary/aromatic N) is 1. The molecule has 0 aromatic heterocycles. The molecular formula is C21H35NO. The maximum absolute atomic E-state index is 5.99. The van der Waals surface area contributed by atoms with Gasteiger partial charge in [-0.05, 0) is 61.8 Å². The van der Waals surface area contributed by atoms with Gasteiger partial charge in [0.05, 0.1) is 0 Å². The monoisotopic (exact) mass is 317 g/mol. The first-order valence-corrected chi connectivity index (χ1v) is 9.60. The normalized spacial score (nSPS) is 19.7. The molecule has 1 fully saturated rings. The molecule has 0 amide bonds. The van der Waals surface area contributed by atoms with E-state index in [1.54, 1.807) is 0 Å². The summed E-state index contributed by atoms with van der Waals surface area (Å²) in [6, 6.07) is 9.55. The third-order valence-electron chi connectivity index (χ3n) is 5.98. The van der Waals surface area contributed by atoms with Gasteiger partial charge in [0.15, 0.2) is 0 Å². The third kappa shape index (κ3) is 4.73. The Morgan fingerprint density at radius 2 is 1.78 bits per heavy atom. The second-order valence-electron chi connectivity index (χ2n) is 7.23. The molecule has 1 saturated heterocycles. The second kappa shape index (κ2) is 8.73. The van der Waals surface area contributed by atoms with Crippen molar-refractivity contribution in [1.82, 2.24) is 4.90 Å². The van der Waals surface area contributed by atoms with Crippen LogP contribution in [-0.4, -0.2) is 30.6 Å². The first-order valence-electron chi connectivity index (χ1n) is 9.60. The van der Waals surface area contributed by atoms with E-state index in [4.69, 9.17) is 4.74 Å². The number of ether oxygens (including phenoxy) is 1. The summed E-state index contributed by atoms with van der Waals surface area (Å²) in [6.07, 6.45) is 7.72. The standard InChI is InChI=1S/C21H35NO/c1-5-19-10-8-9-15-22(19)16-17-23-20-13-11-18(12-14-20)21(4,6-2)7-3/h11-14,19H,5-10,15-17H2,1-4H3. The van der Waals surface area contributed by atoms with Gasteiger partial charge in [-0.15, -0.1) is 0 Å². The fraction of sp³-hybridized carbons (Fsp3) is 0.714. The Morgan fingerprint density at radius 1 is 1.09 bits per heavy atom. The van der Waals surface area contributed by atoms with Gasteiger partial charge in [0.2, 0.25) is 0 Å². The Labute approximate surface area is 143 Å². The molecule has 1 heterocycles. The van der Waals surface area contributed by atoms with Crippen molar-refractivity contribution in [2.45, 2.75) is 77.7 Å². The first-order chi connectivity index (χ1) is 11.1. The van der Waals surface area contributed by atoms with Crippen LogP contribution in [0.4, 0.5) is 0 Å². The molecule has 2 rings (SSSR count). The van der Waals surface area contributed by atoms with Gasteiger partial charge in [0.1, 0.15) is 12.4 Å². The summed E-state index contributed by atoms with van der Waals surface area (Å²) in [5.41, 5.74) is 1.72. The zero-order chi connectivity index (χ0) is 16.7. The van der Waals surface area contributed by atoms with Crippen LogP contribution in [0.2, 0.25) is 0 Å². The number of piperidine rings is 1. The largest absolute Gasteiger partial charge is 0.492 e. The van der Waals surface area contributed by atoms with E-state index >= 15 is 0 Å². The van der Waals surface area contributed by atoms with Gasteiger partial charge in [-0.1, -0.05) is 46.2 Å². The predicted octanol–water partition coefficient (Wildman–Crippen LogP) is 5.41. The molecule has 0 spiro atoms. The molecule has 0 aliphatic carbocycles. The van der Waals surface area contributed by atoms with Crippen molar-refractivity contribution >= 4 is 0 Å². The van der Waals surface area contributed by atoms with Gasteiger partial charge in [0, 0.05) is 12.6 Å². The molecule has 0 N–H and O–H groups in total. The molecule has 0 bridgehead atoms. The van der Waals surface area contributed by atoms with Gasteiger partial charge in [-0.3, -0.25) is 4.90 Å². The number of rotatable bonds is 8. The van der Waals surface area contributed by atoms with Gasteiger partial charge in [-0.25, -0.2) is 0 Å². The molecule has 1 aromatic rings. The quantitative estimate of drug-likeness (QED) is 0.636. The van der Waals surface area contributed by atoms with Crippen LogP contribution >= 0.6 is 0 Å². The summed E-state index contributed by atoms with van der Waals surface area (Å²) < 4.78 is 5.99. The fourth-order valence-electron chi connectivity index (χ4n) is 3.71. The second-order valence-corrected chi connectivity index (χ2v) is 7.23. The van der Waals surface area contributed by atoms with Crippen molar-refractivity contribution in [3.05, 3.63) is 29.8 Å². The summed E-state index contributed by atoms with van der Waals surface area (Å²) in [5.74, 6) is 1.01. The minimum atomic E-state index is 0.292. The highest BCUT2D eigenvalue weighted by Gasteiger charge is 2.22. The Kier molecular flexibility index (Phi) is 6.95. The maximum atomic E-state index is 5.99. The fourth-order valence-corrected chi connectivity index (χ4v) is 3.71. The Morgan fingerprint density at radius 3 is 2.39 bits per heavy atom. The lowest BCUT2D eigenvalue weighted by atomic mass is 9.78. The van der Waals surface area contributed by atoms with Gasteiger partial charge in [0.25, 0.3) is 0 Å². The molecule has 1 aliphatic heterocycles. The molecule has 2 heteroatoms. The van der Waals surface area contributed by atoms with E-state index < -0.39 is 0 Å². The van der Waals surface area contributed by atoms with E-state index in [9.17, 15) is 0 Å². The van der Waals surface area contributed by atoms with Crippen LogP contribution in [0.3, 0.4) is 0 Å². The van der Waals surface area contributed by atoms with Crippen molar-refractivity contribution in [3.8, 4) is 5.75 Å². The molecule has 130 valence electrons. The van der Waals surface area contributed by atoms with Crippen LogP contribution in [0.5, 0.6) is 5.75 Å². The van der Waals surface area contributed by atoms with E-state index in [1.807, 2.05) is 0 Å². The lowest BCUT2D eigenvalue weighted by molar-refractivity contribution is 0.120. The van der Waals surface area contributed by atoms with E-state index in [-0.39, 0.29) is 0 Å². The van der Waals surface area contributed by atoms with Crippen LogP contribution in [0.25, 0.3) is 0 Å². The summed E-state index contributed by atoms with van der Waals surface area (Å²) in [4.78, 5) is 2.61. The highest BCUT2D eigenvalue weighted by molar-refractivity contribution is 5.31. The maximum Gasteiger partial charge on any atom is 0.119 e. The lowest BCUT2D eigenvalue weighted by Crippen LogP contribution is -2.41. The van der Waals surface area contributed by atoms with Crippen LogP contribution in [0, 0.1) is 0 Å². The highest BCUT2D eigenvalue weighted by Crippen LogP contribution is 2.31. The summed E-state index contributed by atoms with van der Waals surface area (Å²) in [7, 11) is 0. The number of likely N-dealkylation sites (tertiary alicyclic amines) is 1. The summed E-state index contributed by atoms with van der Waals surface area (Å²) in [6.45, 7) is 12.3. The Bertz CT molecular complexity index is 449. The van der Waals surface area contributed by atoms with Crippen LogP contribution in [0.15, 0.2) is 24.3 Å². The summed E-state index contributed by atoms with van der Waals surface area (Å²) >= 11 is 0. The van der Waals surface area contributed by atoms with Crippen LogP contribution in [0.1, 0.15) is 71.8 Å². The smallest absolute Gasteiger partial charge is 0.119 e. The zero-order valence-corrected chi connectivity index (χ0v) is 15.6. The Balaban J connectivity index is 1.84. The minimum Gasteiger partial charge on any atom is -0.492 e. The molecule has 1 unspecified atom stereocenters. The molecule has 1 atom stereocenters. The van der Waals surface area contributed by atoms with Gasteiger partial charge >= 0.3 is 0 Å². The van der Waals surface area contributed by atoms with Crippen molar-refractivity contribution < 1.29 is 4.74 Å². The van der Waals surface area contributed by atoms with Crippen LogP contribution in [-0.2, 0) is 5.41 Å². The van der Waals surface area contributed by atoms with Crippen LogP contribution < -0.4 is 4.74 Å². The van der Waals surface area contributed by atoms with E-state index in [2.05, 4.69) is 56.9 Å². The van der Waals surface area contributed by atoms with E-state index in [0.717, 1.165) is 24.9 Å². The van der Waals surface area contributed by atoms with Crippen molar-refractivity contribution in [1.29, 1.82) is 0 Å². The Hall–Kier alpha value is -1.02. The lowest BCUT2D eigenvalue weighted by Gasteiger charge is -2.35. The minimum absolute atomic E-state index is 0.292. The SMILES string of the molecule is CCC1CCCCN1CCOc1ccc(C(C)(CC)CC)cc1. The predicted molar refractivity (Wildman–Crippen MR) is 99.4 cm³/mol. The topological polar surface area (TPSA) is 12.5 Å². The molecule has 23 heavy (non-hydrogen) atoms. The summed E-state index contributed by atoms with van der Waals surface area (Å²) in [5, 5.41) is 0. The highest BCUT2D eigenvalue weighted by atomic mass is 16.5. The van der Waals surface area contributed by atoms with Crippen molar-refractivity contribution in [2.75, 3.05) is 19.7 Å². The average molecular weight is 318 g/mol.